The quantitative estimate of drug-likeness (QED) is 0.568. The number of anilines is 1. The van der Waals surface area contributed by atoms with Gasteiger partial charge in [-0.05, 0) is 31.4 Å². The molecule has 86 valence electrons. The standard InChI is InChI=1S/C13H18N2O/c1-2-3-5-10-12(14)13(16)15-11-8-6-4-7-9-11/h2,4,6-9,12H,1,3,5,10,14H2,(H,15,16). The lowest BCUT2D eigenvalue weighted by atomic mass is 10.1. The molecule has 0 aliphatic heterocycles. The van der Waals surface area contributed by atoms with Gasteiger partial charge < -0.3 is 11.1 Å². The van der Waals surface area contributed by atoms with Crippen LogP contribution in [0.5, 0.6) is 0 Å². The zero-order valence-corrected chi connectivity index (χ0v) is 9.36. The zero-order chi connectivity index (χ0) is 11.8. The van der Waals surface area contributed by atoms with E-state index in [0.29, 0.717) is 6.42 Å². The van der Waals surface area contributed by atoms with Gasteiger partial charge in [0.1, 0.15) is 0 Å². The van der Waals surface area contributed by atoms with Crippen LogP contribution in [0.2, 0.25) is 0 Å². The van der Waals surface area contributed by atoms with Gasteiger partial charge in [-0.15, -0.1) is 6.58 Å². The highest BCUT2D eigenvalue weighted by molar-refractivity contribution is 5.94. The van der Waals surface area contributed by atoms with Crippen LogP contribution in [0.1, 0.15) is 19.3 Å². The Kier molecular flexibility index (Phi) is 5.29. The number of nitrogens with one attached hydrogen (secondary N) is 1. The van der Waals surface area contributed by atoms with E-state index in [2.05, 4.69) is 11.9 Å². The third kappa shape index (κ3) is 4.28. The lowest BCUT2D eigenvalue weighted by Crippen LogP contribution is -2.35. The van der Waals surface area contributed by atoms with Crippen LogP contribution in [-0.4, -0.2) is 11.9 Å². The molecule has 0 radical (unpaired) electrons. The number of carbonyl (C=O) groups excluding carboxylic acids is 1. The fourth-order valence-electron chi connectivity index (χ4n) is 1.37. The molecule has 16 heavy (non-hydrogen) atoms. The van der Waals surface area contributed by atoms with Crippen LogP contribution in [0.15, 0.2) is 43.0 Å². The maximum absolute atomic E-state index is 11.6. The maximum atomic E-state index is 11.6. The third-order valence-electron chi connectivity index (χ3n) is 2.30. The molecule has 1 amide bonds. The topological polar surface area (TPSA) is 55.1 Å². The number of hydrogen-bond donors (Lipinski definition) is 2. The number of amides is 1. The van der Waals surface area contributed by atoms with Gasteiger partial charge in [0.25, 0.3) is 0 Å². The second-order valence-electron chi connectivity index (χ2n) is 3.68. The normalized spacial score (nSPS) is 11.8. The Morgan fingerprint density at radius 1 is 1.44 bits per heavy atom. The molecular weight excluding hydrogens is 200 g/mol. The van der Waals surface area contributed by atoms with Crippen LogP contribution in [0.3, 0.4) is 0 Å². The Bertz CT molecular complexity index is 335. The molecule has 3 nitrogen and oxygen atoms in total. The van der Waals surface area contributed by atoms with Gasteiger partial charge in [-0.2, -0.15) is 0 Å². The van der Waals surface area contributed by atoms with Crippen LogP contribution in [0.25, 0.3) is 0 Å². The first-order valence-electron chi connectivity index (χ1n) is 5.46. The molecule has 1 unspecified atom stereocenters. The first-order chi connectivity index (χ1) is 7.74. The number of benzene rings is 1. The van der Waals surface area contributed by atoms with Gasteiger partial charge in [0.2, 0.25) is 5.91 Å². The summed E-state index contributed by atoms with van der Waals surface area (Å²) in [5.74, 6) is -0.129. The minimum atomic E-state index is -0.444. The van der Waals surface area contributed by atoms with E-state index in [1.165, 1.54) is 0 Å². The summed E-state index contributed by atoms with van der Waals surface area (Å²) in [5.41, 5.74) is 6.54. The minimum Gasteiger partial charge on any atom is -0.325 e. The molecule has 0 bridgehead atoms. The summed E-state index contributed by atoms with van der Waals surface area (Å²) in [6, 6.07) is 8.89. The van der Waals surface area contributed by atoms with E-state index in [1.54, 1.807) is 0 Å². The molecular formula is C13H18N2O. The van der Waals surface area contributed by atoms with Crippen molar-refractivity contribution in [2.75, 3.05) is 5.32 Å². The summed E-state index contributed by atoms with van der Waals surface area (Å²) in [6.45, 7) is 3.63. The average molecular weight is 218 g/mol. The summed E-state index contributed by atoms with van der Waals surface area (Å²) < 4.78 is 0. The molecule has 0 spiro atoms. The zero-order valence-electron chi connectivity index (χ0n) is 9.36. The van der Waals surface area contributed by atoms with Crippen LogP contribution in [-0.2, 0) is 4.79 Å². The molecule has 3 heteroatoms. The van der Waals surface area contributed by atoms with E-state index >= 15 is 0 Å². The summed E-state index contributed by atoms with van der Waals surface area (Å²) in [5, 5.41) is 2.78. The van der Waals surface area contributed by atoms with Gasteiger partial charge in [-0.3, -0.25) is 4.79 Å². The SMILES string of the molecule is C=CCCCC(N)C(=O)Nc1ccccc1. The van der Waals surface area contributed by atoms with Crippen molar-refractivity contribution in [3.05, 3.63) is 43.0 Å². The van der Waals surface area contributed by atoms with Crippen LogP contribution < -0.4 is 11.1 Å². The molecule has 0 aliphatic carbocycles. The molecule has 1 aromatic rings. The van der Waals surface area contributed by atoms with E-state index in [4.69, 9.17) is 5.73 Å². The van der Waals surface area contributed by atoms with Crippen molar-refractivity contribution >= 4 is 11.6 Å². The molecule has 0 saturated heterocycles. The predicted molar refractivity (Wildman–Crippen MR) is 67.1 cm³/mol. The van der Waals surface area contributed by atoms with Gasteiger partial charge in [-0.1, -0.05) is 24.3 Å². The van der Waals surface area contributed by atoms with Gasteiger partial charge in [0.05, 0.1) is 6.04 Å². The fraction of sp³-hybridized carbons (Fsp3) is 0.308. The van der Waals surface area contributed by atoms with Crippen molar-refractivity contribution in [2.45, 2.75) is 25.3 Å². The highest BCUT2D eigenvalue weighted by Crippen LogP contribution is 2.07. The average Bonchev–Trinajstić information content (AvgIpc) is 2.30. The maximum Gasteiger partial charge on any atom is 0.241 e. The molecule has 0 saturated carbocycles. The van der Waals surface area contributed by atoms with Crippen molar-refractivity contribution in [2.24, 2.45) is 5.73 Å². The molecule has 0 fully saturated rings. The number of rotatable bonds is 6. The number of carbonyl (C=O) groups is 1. The predicted octanol–water partition coefficient (Wildman–Crippen LogP) is 2.31. The van der Waals surface area contributed by atoms with E-state index < -0.39 is 6.04 Å². The van der Waals surface area contributed by atoms with Gasteiger partial charge in [-0.25, -0.2) is 0 Å². The molecule has 1 aromatic carbocycles. The van der Waals surface area contributed by atoms with Crippen LogP contribution >= 0.6 is 0 Å². The summed E-state index contributed by atoms with van der Waals surface area (Å²) in [7, 11) is 0. The number of hydrogen-bond acceptors (Lipinski definition) is 2. The molecule has 3 N–H and O–H groups in total. The number of unbranched alkanes of at least 4 members (excludes halogenated alkanes) is 1. The van der Waals surface area contributed by atoms with Crippen molar-refractivity contribution < 1.29 is 4.79 Å². The molecule has 0 aromatic heterocycles. The highest BCUT2D eigenvalue weighted by Gasteiger charge is 2.12. The smallest absolute Gasteiger partial charge is 0.241 e. The monoisotopic (exact) mass is 218 g/mol. The van der Waals surface area contributed by atoms with Gasteiger partial charge in [0.15, 0.2) is 0 Å². The van der Waals surface area contributed by atoms with E-state index in [1.807, 2.05) is 36.4 Å². The van der Waals surface area contributed by atoms with E-state index in [9.17, 15) is 4.79 Å². The van der Waals surface area contributed by atoms with Gasteiger partial charge >= 0.3 is 0 Å². The number of para-hydroxylation sites is 1. The summed E-state index contributed by atoms with van der Waals surface area (Å²) >= 11 is 0. The third-order valence-corrected chi connectivity index (χ3v) is 2.30. The van der Waals surface area contributed by atoms with Crippen molar-refractivity contribution in [3.63, 3.8) is 0 Å². The first kappa shape index (κ1) is 12.5. The second kappa shape index (κ2) is 6.80. The molecule has 0 heterocycles. The molecule has 1 atom stereocenters. The van der Waals surface area contributed by atoms with Crippen LogP contribution in [0, 0.1) is 0 Å². The molecule has 1 rings (SSSR count). The fourth-order valence-corrected chi connectivity index (χ4v) is 1.37. The Balaban J connectivity index is 2.37. The number of allylic oxidation sites excluding steroid dienone is 1. The van der Waals surface area contributed by atoms with Crippen molar-refractivity contribution in [1.82, 2.24) is 0 Å². The number of nitrogens with two attached hydrogens (primary N) is 1. The Morgan fingerprint density at radius 2 is 2.12 bits per heavy atom. The van der Waals surface area contributed by atoms with E-state index in [0.717, 1.165) is 18.5 Å². The lowest BCUT2D eigenvalue weighted by molar-refractivity contribution is -0.117. The van der Waals surface area contributed by atoms with Crippen molar-refractivity contribution in [3.8, 4) is 0 Å². The van der Waals surface area contributed by atoms with Crippen molar-refractivity contribution in [1.29, 1.82) is 0 Å². The molecule has 0 aliphatic rings. The Hall–Kier alpha value is -1.61. The Labute approximate surface area is 96.3 Å². The summed E-state index contributed by atoms with van der Waals surface area (Å²) in [4.78, 5) is 11.6. The first-order valence-corrected chi connectivity index (χ1v) is 5.46. The largest absolute Gasteiger partial charge is 0.325 e. The van der Waals surface area contributed by atoms with Gasteiger partial charge in [0, 0.05) is 5.69 Å². The summed E-state index contributed by atoms with van der Waals surface area (Å²) in [6.07, 6.45) is 4.31. The second-order valence-corrected chi connectivity index (χ2v) is 3.68. The minimum absolute atomic E-state index is 0.129. The lowest BCUT2D eigenvalue weighted by Gasteiger charge is -2.11. The van der Waals surface area contributed by atoms with E-state index in [-0.39, 0.29) is 5.91 Å². The van der Waals surface area contributed by atoms with Crippen LogP contribution in [0.4, 0.5) is 5.69 Å². The Morgan fingerprint density at radius 3 is 2.75 bits per heavy atom. The highest BCUT2D eigenvalue weighted by atomic mass is 16.2.